The van der Waals surface area contributed by atoms with E-state index in [9.17, 15) is 19.1 Å². The van der Waals surface area contributed by atoms with Gasteiger partial charge in [-0.15, -0.1) is 0 Å². The fourth-order valence-corrected chi connectivity index (χ4v) is 4.10. The molecule has 0 spiro atoms. The minimum Gasteiger partial charge on any atom is -0.481 e. The van der Waals surface area contributed by atoms with E-state index in [-0.39, 0.29) is 36.9 Å². The van der Waals surface area contributed by atoms with Gasteiger partial charge in [-0.25, -0.2) is 14.4 Å². The Morgan fingerprint density at radius 2 is 1.92 bits per heavy atom. The molecule has 0 radical (unpaired) electrons. The molecule has 0 aliphatic rings. The van der Waals surface area contributed by atoms with Crippen LogP contribution in [0.4, 0.5) is 15.9 Å². The van der Waals surface area contributed by atoms with Crippen molar-refractivity contribution in [2.45, 2.75) is 33.4 Å². The van der Waals surface area contributed by atoms with Crippen molar-refractivity contribution in [3.05, 3.63) is 83.1 Å². The van der Waals surface area contributed by atoms with E-state index in [0.717, 1.165) is 11.1 Å². The number of benzene rings is 2. The molecule has 2 aromatic carbocycles. The molecule has 5 N–H and O–H groups in total. The van der Waals surface area contributed by atoms with Gasteiger partial charge in [0.25, 0.3) is 5.91 Å². The molecule has 0 fully saturated rings. The Morgan fingerprint density at radius 3 is 2.55 bits per heavy atom. The summed E-state index contributed by atoms with van der Waals surface area (Å²) in [6.45, 7) is 4.63. The maximum absolute atomic E-state index is 14.5. The number of hydrogen-bond acceptors (Lipinski definition) is 6. The zero-order chi connectivity index (χ0) is 27.4. The molecule has 0 unspecified atom stereocenters. The van der Waals surface area contributed by atoms with Crippen molar-refractivity contribution in [2.75, 3.05) is 16.8 Å². The highest BCUT2D eigenvalue weighted by Crippen LogP contribution is 2.23. The number of imidazole rings is 1. The third-order valence-corrected chi connectivity index (χ3v) is 6.07. The number of hydrogen-bond donors (Lipinski definition) is 4. The lowest BCUT2D eigenvalue weighted by atomic mass is 10.1. The van der Waals surface area contributed by atoms with Crippen LogP contribution in [0.15, 0.2) is 54.7 Å². The first-order valence-corrected chi connectivity index (χ1v) is 12.0. The number of carbonyl (C=O) groups excluding carboxylic acids is 1. The van der Waals surface area contributed by atoms with Gasteiger partial charge in [0, 0.05) is 30.4 Å². The molecule has 38 heavy (non-hydrogen) atoms. The van der Waals surface area contributed by atoms with Crippen molar-refractivity contribution < 1.29 is 19.1 Å². The number of nitrogens with two attached hydrogens (primary N) is 1. The van der Waals surface area contributed by atoms with Crippen LogP contribution in [0, 0.1) is 18.2 Å². The molecule has 2 heterocycles. The van der Waals surface area contributed by atoms with Gasteiger partial charge in [0.15, 0.2) is 0 Å². The summed E-state index contributed by atoms with van der Waals surface area (Å²) in [6.07, 6.45) is 1.39. The quantitative estimate of drug-likeness (QED) is 0.184. The van der Waals surface area contributed by atoms with Crippen molar-refractivity contribution in [2.24, 2.45) is 5.73 Å². The Hall–Kier alpha value is -4.80. The maximum Gasteiger partial charge on any atom is 0.305 e. The van der Waals surface area contributed by atoms with E-state index in [4.69, 9.17) is 11.1 Å². The maximum atomic E-state index is 14.5. The summed E-state index contributed by atoms with van der Waals surface area (Å²) in [5.74, 6) is -1.14. The molecule has 0 saturated heterocycles. The molecule has 2 aromatic heterocycles. The molecule has 10 nitrogen and oxygen atoms in total. The zero-order valence-corrected chi connectivity index (χ0v) is 21.0. The number of aryl methyl sites for hydroxylation is 2. The van der Waals surface area contributed by atoms with Crippen molar-refractivity contribution in [1.82, 2.24) is 14.5 Å². The monoisotopic (exact) mass is 517 g/mol. The first kappa shape index (κ1) is 26.3. The van der Waals surface area contributed by atoms with Crippen LogP contribution >= 0.6 is 0 Å². The van der Waals surface area contributed by atoms with Crippen LogP contribution in [0.3, 0.4) is 0 Å². The Labute approximate surface area is 218 Å². The summed E-state index contributed by atoms with van der Waals surface area (Å²) in [4.78, 5) is 35.0. The van der Waals surface area contributed by atoms with E-state index >= 15 is 0 Å². The number of nitrogens with zero attached hydrogens (tertiary/aromatic N) is 4. The van der Waals surface area contributed by atoms with Gasteiger partial charge >= 0.3 is 5.97 Å². The van der Waals surface area contributed by atoms with Gasteiger partial charge in [0.1, 0.15) is 23.3 Å². The number of rotatable bonds is 10. The van der Waals surface area contributed by atoms with Crippen molar-refractivity contribution >= 4 is 40.3 Å². The third kappa shape index (κ3) is 5.61. The van der Waals surface area contributed by atoms with E-state index in [1.54, 1.807) is 36.5 Å². The summed E-state index contributed by atoms with van der Waals surface area (Å²) in [6, 6.07) is 12.9. The largest absolute Gasteiger partial charge is 0.481 e. The number of amides is 1. The number of carboxylic acid groups (broad SMARTS) is 1. The van der Waals surface area contributed by atoms with E-state index in [1.165, 1.54) is 17.0 Å². The molecule has 0 saturated carbocycles. The van der Waals surface area contributed by atoms with Crippen LogP contribution in [0.1, 0.15) is 40.7 Å². The third-order valence-electron chi connectivity index (χ3n) is 6.07. The normalized spacial score (nSPS) is 10.9. The van der Waals surface area contributed by atoms with Crippen LogP contribution < -0.4 is 16.0 Å². The van der Waals surface area contributed by atoms with E-state index in [0.29, 0.717) is 34.8 Å². The summed E-state index contributed by atoms with van der Waals surface area (Å²) < 4.78 is 16.4. The Balaban J connectivity index is 1.61. The standard InChI is InChI=1S/C27H28FN7O3/c1-3-34-22-8-6-18(27(38)35(11-10-25(36)37)23-9-4-16(2)14-32-23)13-21(22)33-24(34)15-31-20-7-5-17(26(29)30)12-19(20)28/h4-9,12-14,31H,3,10-11,15H2,1-2H3,(H3,29,30)(H,36,37). The molecular weight excluding hydrogens is 489 g/mol. The average molecular weight is 518 g/mol. The second-order valence-electron chi connectivity index (χ2n) is 8.73. The molecule has 11 heteroatoms. The van der Waals surface area contributed by atoms with Crippen LogP contribution in [-0.4, -0.2) is 43.9 Å². The lowest BCUT2D eigenvalue weighted by molar-refractivity contribution is -0.136. The van der Waals surface area contributed by atoms with Gasteiger partial charge in [-0.3, -0.25) is 19.9 Å². The number of fused-ring (bicyclic) bond motifs is 1. The van der Waals surface area contributed by atoms with Crippen LogP contribution in [0.25, 0.3) is 11.0 Å². The highest BCUT2D eigenvalue weighted by molar-refractivity contribution is 6.07. The number of pyridine rings is 1. The molecule has 1 amide bonds. The lowest BCUT2D eigenvalue weighted by Crippen LogP contribution is -2.33. The van der Waals surface area contributed by atoms with Gasteiger partial charge in [0.2, 0.25) is 0 Å². The number of aliphatic carboxylic acids is 1. The predicted molar refractivity (Wildman–Crippen MR) is 143 cm³/mol. The average Bonchev–Trinajstić information content (AvgIpc) is 3.25. The highest BCUT2D eigenvalue weighted by atomic mass is 19.1. The zero-order valence-electron chi connectivity index (χ0n) is 21.0. The smallest absolute Gasteiger partial charge is 0.305 e. The summed E-state index contributed by atoms with van der Waals surface area (Å²) in [5.41, 5.74) is 8.62. The van der Waals surface area contributed by atoms with Gasteiger partial charge < -0.3 is 20.7 Å². The summed E-state index contributed by atoms with van der Waals surface area (Å²) in [5, 5.41) is 19.7. The molecule has 4 aromatic rings. The predicted octanol–water partition coefficient (Wildman–Crippen LogP) is 3.92. The van der Waals surface area contributed by atoms with E-state index in [2.05, 4.69) is 15.3 Å². The molecule has 196 valence electrons. The molecule has 0 aliphatic heterocycles. The Kier molecular flexibility index (Phi) is 7.66. The highest BCUT2D eigenvalue weighted by Gasteiger charge is 2.21. The molecule has 0 bridgehead atoms. The number of carboxylic acids is 1. The second-order valence-corrected chi connectivity index (χ2v) is 8.73. The van der Waals surface area contributed by atoms with Crippen LogP contribution in [0.2, 0.25) is 0 Å². The number of amidine groups is 1. The van der Waals surface area contributed by atoms with Crippen molar-refractivity contribution in [1.29, 1.82) is 5.41 Å². The van der Waals surface area contributed by atoms with E-state index in [1.807, 2.05) is 24.5 Å². The second kappa shape index (κ2) is 11.1. The summed E-state index contributed by atoms with van der Waals surface area (Å²) in [7, 11) is 0. The number of nitrogens with one attached hydrogen (secondary N) is 2. The van der Waals surface area contributed by atoms with Crippen LogP contribution in [-0.2, 0) is 17.9 Å². The van der Waals surface area contributed by atoms with Gasteiger partial charge in [-0.05, 0) is 61.9 Å². The molecular formula is C27H28FN7O3. The minimum atomic E-state index is -1.02. The van der Waals surface area contributed by atoms with Crippen molar-refractivity contribution in [3.8, 4) is 0 Å². The molecule has 0 atom stereocenters. The molecule has 0 aliphatic carbocycles. The first-order valence-electron chi connectivity index (χ1n) is 12.0. The number of nitrogen functional groups attached to an aromatic ring is 1. The van der Waals surface area contributed by atoms with Crippen LogP contribution in [0.5, 0.6) is 0 Å². The topological polar surface area (TPSA) is 150 Å². The Morgan fingerprint density at radius 1 is 1.16 bits per heavy atom. The van der Waals surface area contributed by atoms with Gasteiger partial charge in [0.05, 0.1) is 29.7 Å². The fraction of sp³-hybridized carbons (Fsp3) is 0.222. The molecule has 4 rings (SSSR count). The van der Waals surface area contributed by atoms with Gasteiger partial charge in [-0.1, -0.05) is 6.07 Å². The Bertz CT molecular complexity index is 1520. The fourth-order valence-electron chi connectivity index (χ4n) is 4.10. The van der Waals surface area contributed by atoms with E-state index < -0.39 is 11.8 Å². The minimum absolute atomic E-state index is 0.0329. The number of anilines is 2. The lowest BCUT2D eigenvalue weighted by Gasteiger charge is -2.21. The van der Waals surface area contributed by atoms with Crippen molar-refractivity contribution in [3.63, 3.8) is 0 Å². The number of halogens is 1. The number of carbonyl (C=O) groups is 2. The first-order chi connectivity index (χ1) is 18.2. The summed E-state index contributed by atoms with van der Waals surface area (Å²) >= 11 is 0. The SMILES string of the molecule is CCn1c(CNc2ccc(C(=N)N)cc2F)nc2cc(C(=O)N(CCC(=O)O)c3ccc(C)cn3)ccc21. The van der Waals surface area contributed by atoms with Gasteiger partial charge in [-0.2, -0.15) is 0 Å². The number of aromatic nitrogens is 3.